The maximum atomic E-state index is 12.7. The minimum atomic E-state index is -0.546. The van der Waals surface area contributed by atoms with Gasteiger partial charge in [-0.2, -0.15) is 0 Å². The molecule has 1 aromatic rings. The highest BCUT2D eigenvalue weighted by molar-refractivity contribution is 6.30. The molecule has 2 heterocycles. The minimum absolute atomic E-state index is 0.00897. The predicted molar refractivity (Wildman–Crippen MR) is 98.7 cm³/mol. The number of nitrogens with one attached hydrogen (secondary N) is 3. The van der Waals surface area contributed by atoms with E-state index in [1.807, 2.05) is 13.8 Å². The Morgan fingerprint density at radius 3 is 2.28 bits per heavy atom. The van der Waals surface area contributed by atoms with Gasteiger partial charge in [-0.3, -0.25) is 9.59 Å². The quantitative estimate of drug-likeness (QED) is 0.752. The number of piperidine rings is 1. The maximum Gasteiger partial charge on any atom is 0.251 e. The van der Waals surface area contributed by atoms with Gasteiger partial charge in [0.25, 0.3) is 5.91 Å². The van der Waals surface area contributed by atoms with E-state index in [-0.39, 0.29) is 23.8 Å². The van der Waals surface area contributed by atoms with Crippen LogP contribution in [0.1, 0.15) is 49.9 Å². The molecule has 0 aromatic heterocycles. The van der Waals surface area contributed by atoms with E-state index < -0.39 is 6.04 Å². The number of benzene rings is 1. The number of hydrogen-bond donors (Lipinski definition) is 3. The smallest absolute Gasteiger partial charge is 0.251 e. The summed E-state index contributed by atoms with van der Waals surface area (Å²) in [5.74, 6) is -0.339. The molecule has 6 heteroatoms. The molecule has 2 bridgehead atoms. The second-order valence-electron chi connectivity index (χ2n) is 7.52. The lowest BCUT2D eigenvalue weighted by Crippen LogP contribution is -2.55. The van der Waals surface area contributed by atoms with E-state index in [4.69, 9.17) is 11.6 Å². The number of halogens is 1. The largest absolute Gasteiger partial charge is 0.351 e. The maximum absolute atomic E-state index is 12.7. The Bertz CT molecular complexity index is 620. The molecule has 2 fully saturated rings. The molecule has 0 spiro atoms. The zero-order chi connectivity index (χ0) is 18.0. The molecular formula is C19H26ClN3O2. The molecule has 0 saturated carbocycles. The van der Waals surface area contributed by atoms with Crippen LogP contribution in [0.4, 0.5) is 0 Å². The number of rotatable bonds is 5. The molecule has 3 N–H and O–H groups in total. The van der Waals surface area contributed by atoms with Gasteiger partial charge in [0.1, 0.15) is 6.04 Å². The fourth-order valence-electron chi connectivity index (χ4n) is 3.83. The summed E-state index contributed by atoms with van der Waals surface area (Å²) in [7, 11) is 0. The highest BCUT2D eigenvalue weighted by Gasteiger charge is 2.35. The van der Waals surface area contributed by atoms with Crippen LogP contribution in [0.5, 0.6) is 0 Å². The van der Waals surface area contributed by atoms with Crippen molar-refractivity contribution in [2.45, 2.75) is 63.7 Å². The highest BCUT2D eigenvalue weighted by atomic mass is 35.5. The number of fused-ring (bicyclic) bond motifs is 2. The normalized spacial score (nSPS) is 26.3. The zero-order valence-electron chi connectivity index (χ0n) is 14.7. The fraction of sp³-hybridized carbons (Fsp3) is 0.579. The first kappa shape index (κ1) is 18.2. The van der Waals surface area contributed by atoms with Gasteiger partial charge in [0.15, 0.2) is 0 Å². The van der Waals surface area contributed by atoms with Crippen molar-refractivity contribution >= 4 is 23.4 Å². The average Bonchev–Trinajstić information content (AvgIpc) is 2.91. The third kappa shape index (κ3) is 4.53. The predicted octanol–water partition coefficient (Wildman–Crippen LogP) is 2.49. The van der Waals surface area contributed by atoms with Crippen molar-refractivity contribution in [1.29, 1.82) is 0 Å². The first-order valence-electron chi connectivity index (χ1n) is 9.05. The molecule has 3 atom stereocenters. The monoisotopic (exact) mass is 363 g/mol. The van der Waals surface area contributed by atoms with Gasteiger partial charge < -0.3 is 16.0 Å². The summed E-state index contributed by atoms with van der Waals surface area (Å²) < 4.78 is 0. The summed E-state index contributed by atoms with van der Waals surface area (Å²) in [6, 6.07) is 7.36. The Hall–Kier alpha value is -1.59. The molecule has 2 saturated heterocycles. The summed E-state index contributed by atoms with van der Waals surface area (Å²) in [6.45, 7) is 3.89. The van der Waals surface area contributed by atoms with Crippen LogP contribution in [0.2, 0.25) is 5.02 Å². The van der Waals surface area contributed by atoms with Crippen LogP contribution in [0.15, 0.2) is 24.3 Å². The third-order valence-electron chi connectivity index (χ3n) is 5.16. The molecule has 136 valence electrons. The Morgan fingerprint density at radius 2 is 1.72 bits per heavy atom. The molecule has 2 aliphatic heterocycles. The van der Waals surface area contributed by atoms with Crippen LogP contribution in [0.25, 0.3) is 0 Å². The number of carbonyl (C=O) groups excluding carboxylic acids is 2. The molecule has 0 aliphatic carbocycles. The van der Waals surface area contributed by atoms with Crippen LogP contribution < -0.4 is 16.0 Å². The van der Waals surface area contributed by atoms with Gasteiger partial charge >= 0.3 is 0 Å². The lowest BCUT2D eigenvalue weighted by molar-refractivity contribution is -0.124. The summed E-state index contributed by atoms with van der Waals surface area (Å²) in [4.78, 5) is 25.2. The van der Waals surface area contributed by atoms with E-state index in [1.165, 1.54) is 12.8 Å². The fourth-order valence-corrected chi connectivity index (χ4v) is 3.95. The summed E-state index contributed by atoms with van der Waals surface area (Å²) in [6.07, 6.45) is 4.33. The molecular weight excluding hydrogens is 338 g/mol. The van der Waals surface area contributed by atoms with Crippen molar-refractivity contribution in [3.8, 4) is 0 Å². The second kappa shape index (κ2) is 7.75. The number of hydrogen-bond acceptors (Lipinski definition) is 3. The lowest BCUT2D eigenvalue weighted by atomic mass is 9.97. The lowest BCUT2D eigenvalue weighted by Gasteiger charge is -2.31. The van der Waals surface area contributed by atoms with E-state index in [9.17, 15) is 9.59 Å². The van der Waals surface area contributed by atoms with Gasteiger partial charge in [0.05, 0.1) is 0 Å². The van der Waals surface area contributed by atoms with Gasteiger partial charge in [-0.1, -0.05) is 25.4 Å². The third-order valence-corrected chi connectivity index (χ3v) is 5.41. The van der Waals surface area contributed by atoms with Crippen LogP contribution in [0.3, 0.4) is 0 Å². The van der Waals surface area contributed by atoms with E-state index in [1.54, 1.807) is 24.3 Å². The molecule has 3 rings (SSSR count). The Balaban J connectivity index is 1.61. The first-order valence-corrected chi connectivity index (χ1v) is 9.43. The molecule has 5 nitrogen and oxygen atoms in total. The molecule has 0 radical (unpaired) electrons. The minimum Gasteiger partial charge on any atom is -0.351 e. The van der Waals surface area contributed by atoms with Crippen LogP contribution in [-0.2, 0) is 4.79 Å². The Labute approximate surface area is 153 Å². The van der Waals surface area contributed by atoms with E-state index in [0.717, 1.165) is 12.8 Å². The Kier molecular flexibility index (Phi) is 5.64. The van der Waals surface area contributed by atoms with Crippen LogP contribution in [0, 0.1) is 5.92 Å². The van der Waals surface area contributed by atoms with Crippen molar-refractivity contribution in [3.05, 3.63) is 34.9 Å². The van der Waals surface area contributed by atoms with Crippen molar-refractivity contribution in [1.82, 2.24) is 16.0 Å². The van der Waals surface area contributed by atoms with E-state index >= 15 is 0 Å². The summed E-state index contributed by atoms with van der Waals surface area (Å²) in [5, 5.41) is 10.2. The molecule has 2 amide bonds. The van der Waals surface area contributed by atoms with Crippen molar-refractivity contribution in [2.75, 3.05) is 0 Å². The SMILES string of the molecule is CC(C)C(NC(=O)c1ccc(Cl)cc1)C(=O)NC1CC2CCC(C1)N2. The molecule has 2 aliphatic rings. The van der Waals surface area contributed by atoms with Gasteiger partial charge in [0, 0.05) is 28.7 Å². The van der Waals surface area contributed by atoms with Crippen molar-refractivity contribution < 1.29 is 9.59 Å². The molecule has 25 heavy (non-hydrogen) atoms. The molecule has 3 unspecified atom stereocenters. The second-order valence-corrected chi connectivity index (χ2v) is 7.95. The van der Waals surface area contributed by atoms with Crippen LogP contribution in [-0.4, -0.2) is 36.0 Å². The van der Waals surface area contributed by atoms with E-state index in [2.05, 4.69) is 16.0 Å². The van der Waals surface area contributed by atoms with Gasteiger partial charge in [-0.15, -0.1) is 0 Å². The standard InChI is InChI=1S/C19H26ClN3O2/c1-11(2)17(23-18(24)12-3-5-13(20)6-4-12)19(25)22-16-9-14-7-8-15(10-16)21-14/h3-6,11,14-17,21H,7-10H2,1-2H3,(H,22,25)(H,23,24). The number of amides is 2. The number of carbonyl (C=O) groups is 2. The zero-order valence-corrected chi connectivity index (χ0v) is 15.5. The van der Waals surface area contributed by atoms with Crippen molar-refractivity contribution in [3.63, 3.8) is 0 Å². The van der Waals surface area contributed by atoms with Gasteiger partial charge in [-0.05, 0) is 55.9 Å². The van der Waals surface area contributed by atoms with Crippen LogP contribution >= 0.6 is 11.6 Å². The highest BCUT2D eigenvalue weighted by Crippen LogP contribution is 2.26. The molecule has 1 aromatic carbocycles. The topological polar surface area (TPSA) is 70.2 Å². The van der Waals surface area contributed by atoms with E-state index in [0.29, 0.717) is 22.7 Å². The van der Waals surface area contributed by atoms with Gasteiger partial charge in [-0.25, -0.2) is 0 Å². The summed E-state index contributed by atoms with van der Waals surface area (Å²) >= 11 is 5.86. The van der Waals surface area contributed by atoms with Crippen molar-refractivity contribution in [2.24, 2.45) is 5.92 Å². The van der Waals surface area contributed by atoms with Gasteiger partial charge in [0.2, 0.25) is 5.91 Å². The summed E-state index contributed by atoms with van der Waals surface area (Å²) in [5.41, 5.74) is 0.503. The Morgan fingerprint density at radius 1 is 1.12 bits per heavy atom. The average molecular weight is 364 g/mol. The first-order chi connectivity index (χ1) is 11.9.